The van der Waals surface area contributed by atoms with Gasteiger partial charge in [-0.05, 0) is 223 Å². The Hall–Kier alpha value is -6.76. The third-order valence-corrected chi connectivity index (χ3v) is 18.2. The van der Waals surface area contributed by atoms with Crippen molar-refractivity contribution >= 4 is 43.1 Å². The van der Waals surface area contributed by atoms with Crippen LogP contribution in [0.25, 0.3) is 98.7 Å². The van der Waals surface area contributed by atoms with E-state index in [-0.39, 0.29) is 43.3 Å². The van der Waals surface area contributed by atoms with Gasteiger partial charge in [-0.25, -0.2) is 0 Å². The topological polar surface area (TPSA) is 0 Å². The van der Waals surface area contributed by atoms with E-state index in [4.69, 9.17) is 0 Å². The van der Waals surface area contributed by atoms with Crippen molar-refractivity contribution in [3.05, 3.63) is 202 Å². The molecule has 84 heavy (non-hydrogen) atoms. The first kappa shape index (κ1) is 60.4. The van der Waals surface area contributed by atoms with Gasteiger partial charge in [0.1, 0.15) is 0 Å². The molecule has 0 aliphatic carbocycles. The van der Waals surface area contributed by atoms with Crippen molar-refractivity contribution in [3.63, 3.8) is 0 Å². The van der Waals surface area contributed by atoms with Crippen LogP contribution >= 0.6 is 0 Å². The Kier molecular flexibility index (Phi) is 14.7. The monoisotopic (exact) mass is 1110 g/mol. The minimum atomic E-state index is -0.0210. The van der Waals surface area contributed by atoms with E-state index in [2.05, 4.69) is 324 Å². The molecule has 0 N–H and O–H groups in total. The van der Waals surface area contributed by atoms with Crippen LogP contribution in [0.2, 0.25) is 0 Å². The first-order valence-electron chi connectivity index (χ1n) is 31.3. The summed E-state index contributed by atoms with van der Waals surface area (Å²) in [5.41, 5.74) is 23.4. The molecule has 0 heteroatoms. The number of fused-ring (bicyclic) bond motifs is 4. The number of rotatable bonds is 5. The van der Waals surface area contributed by atoms with Crippen LogP contribution in [0.4, 0.5) is 0 Å². The van der Waals surface area contributed by atoms with Gasteiger partial charge in [0.05, 0.1) is 0 Å². The molecule has 0 saturated carbocycles. The van der Waals surface area contributed by atoms with E-state index in [1.165, 1.54) is 143 Å². The fourth-order valence-corrected chi connectivity index (χ4v) is 12.1. The Morgan fingerprint density at radius 3 is 0.571 bits per heavy atom. The van der Waals surface area contributed by atoms with Gasteiger partial charge < -0.3 is 0 Å². The summed E-state index contributed by atoms with van der Waals surface area (Å²) < 4.78 is 0. The van der Waals surface area contributed by atoms with Crippen molar-refractivity contribution in [2.24, 2.45) is 0 Å². The number of benzene rings is 10. The molecule has 0 amide bonds. The smallest absolute Gasteiger partial charge is 0.00141 e. The van der Waals surface area contributed by atoms with E-state index in [1.54, 1.807) is 0 Å². The van der Waals surface area contributed by atoms with E-state index in [0.717, 1.165) is 0 Å². The molecule has 0 spiro atoms. The van der Waals surface area contributed by atoms with Crippen molar-refractivity contribution in [1.29, 1.82) is 0 Å². The van der Waals surface area contributed by atoms with Gasteiger partial charge in [-0.3, -0.25) is 0 Å². The van der Waals surface area contributed by atoms with Gasteiger partial charge >= 0.3 is 0 Å². The predicted octanol–water partition coefficient (Wildman–Crippen LogP) is 25.0. The van der Waals surface area contributed by atoms with Crippen LogP contribution in [0.1, 0.15) is 211 Å². The molecule has 0 bridgehead atoms. The van der Waals surface area contributed by atoms with Crippen LogP contribution in [-0.4, -0.2) is 0 Å². The fourth-order valence-electron chi connectivity index (χ4n) is 12.1. The predicted molar refractivity (Wildman–Crippen MR) is 373 cm³/mol. The van der Waals surface area contributed by atoms with E-state index in [9.17, 15) is 0 Å². The van der Waals surface area contributed by atoms with Crippen LogP contribution in [0, 0.1) is 0 Å². The molecule has 0 saturated heterocycles. The van der Waals surface area contributed by atoms with Gasteiger partial charge in [0.2, 0.25) is 0 Å². The van der Waals surface area contributed by atoms with Gasteiger partial charge in [0, 0.05) is 0 Å². The van der Waals surface area contributed by atoms with Gasteiger partial charge in [-0.2, -0.15) is 0 Å². The van der Waals surface area contributed by atoms with Crippen LogP contribution in [-0.2, 0) is 43.3 Å². The minimum Gasteiger partial charge on any atom is -0.0561 e. The summed E-state index contributed by atoms with van der Waals surface area (Å²) in [6.07, 6.45) is 0. The molecular weight excluding hydrogens is 1010 g/mol. The molecule has 0 nitrogen and oxygen atoms in total. The van der Waals surface area contributed by atoms with Gasteiger partial charge in [0.25, 0.3) is 0 Å². The molecule has 0 aromatic heterocycles. The lowest BCUT2D eigenvalue weighted by Crippen LogP contribution is -2.16. The third-order valence-electron chi connectivity index (χ3n) is 18.2. The second kappa shape index (κ2) is 20.5. The maximum Gasteiger partial charge on any atom is -0.00141 e. The highest BCUT2D eigenvalue weighted by atomic mass is 14.3. The quantitative estimate of drug-likeness (QED) is 0.151. The highest BCUT2D eigenvalue weighted by Crippen LogP contribution is 2.49. The summed E-state index contributed by atoms with van der Waals surface area (Å²) in [5.74, 6) is 0. The zero-order valence-electron chi connectivity index (χ0n) is 56.0. The van der Waals surface area contributed by atoms with Gasteiger partial charge in [-0.15, -0.1) is 0 Å². The largest absolute Gasteiger partial charge is 0.0561 e. The summed E-state index contributed by atoms with van der Waals surface area (Å²) >= 11 is 0. The second-order valence-electron chi connectivity index (χ2n) is 33.4. The second-order valence-corrected chi connectivity index (χ2v) is 33.4. The third kappa shape index (κ3) is 12.1. The SMILES string of the molecule is CC(C)(C)c1cc(-c2ccc3c(-c4c5ccc(-c6cc(C(C)(C)C)cc(C(C)(C)C)c6)cc5cc5ccc(-c6cc(C(C)(C)C)cc(C(C)(C)C)c6)cc45)c4cc(-c5cc(C(C)(C)C)cc(C(C)(C)C)c5)ccc4cc3c2)cc(C(C)(C)C)c1. The van der Waals surface area contributed by atoms with Crippen molar-refractivity contribution in [2.45, 2.75) is 209 Å². The molecule has 0 aliphatic rings. The average molecular weight is 1110 g/mol. The normalized spacial score (nSPS) is 13.5. The van der Waals surface area contributed by atoms with E-state index in [0.29, 0.717) is 0 Å². The fraction of sp³-hybridized carbons (Fsp3) is 0.381. The molecule has 434 valence electrons. The maximum absolute atomic E-state index is 2.53. The van der Waals surface area contributed by atoms with Crippen molar-refractivity contribution < 1.29 is 0 Å². The summed E-state index contributed by atoms with van der Waals surface area (Å²) in [6.45, 7) is 56.3. The standard InChI is InChI=1S/C84H98/c1-77(2,3)63-37-57(38-64(47-63)78(4,5)6)51-29-31-71-61(33-51)35-55-27-25-53(59-41-67(81(13,14)15)49-68(42-59)82(16,17)18)45-73(55)75(71)76-72-32-30-52(58-39-65(79(7,8)9)48-66(40-58)80(10,11)12)34-62(72)36-56-28-26-54(46-74(56)76)60-43-69(83(19,20)21)50-70(44-60)84(22,23)24/h25-50H,1-24H3. The lowest BCUT2D eigenvalue weighted by atomic mass is 9.78. The molecule has 0 unspecified atom stereocenters. The molecule has 0 radical (unpaired) electrons. The Bertz CT molecular complexity index is 3810. The molecular formula is C84H98. The van der Waals surface area contributed by atoms with Crippen LogP contribution < -0.4 is 0 Å². The summed E-state index contributed by atoms with van der Waals surface area (Å²) in [5, 5.41) is 9.99. The Labute approximate surface area is 507 Å². The zero-order valence-corrected chi connectivity index (χ0v) is 56.0. The summed E-state index contributed by atoms with van der Waals surface area (Å²) in [4.78, 5) is 0. The van der Waals surface area contributed by atoms with Crippen molar-refractivity contribution in [1.82, 2.24) is 0 Å². The Balaban J connectivity index is 1.36. The number of hydrogen-bond acceptors (Lipinski definition) is 0. The molecule has 0 aliphatic heterocycles. The molecule has 0 atom stereocenters. The van der Waals surface area contributed by atoms with Crippen molar-refractivity contribution in [3.8, 4) is 55.6 Å². The summed E-state index contributed by atoms with van der Waals surface area (Å²) in [7, 11) is 0. The van der Waals surface area contributed by atoms with Crippen LogP contribution in [0.15, 0.2) is 158 Å². The van der Waals surface area contributed by atoms with Crippen LogP contribution in [0.3, 0.4) is 0 Å². The maximum atomic E-state index is 2.53. The molecule has 10 rings (SSSR count). The highest BCUT2D eigenvalue weighted by molar-refractivity contribution is 6.24. The first-order chi connectivity index (χ1) is 38.6. The lowest BCUT2D eigenvalue weighted by molar-refractivity contribution is 0.568. The Morgan fingerprint density at radius 2 is 0.357 bits per heavy atom. The summed E-state index contributed by atoms with van der Waals surface area (Å²) in [6, 6.07) is 63.7. The van der Waals surface area contributed by atoms with Crippen molar-refractivity contribution in [2.75, 3.05) is 0 Å². The average Bonchev–Trinajstić information content (AvgIpc) is 0.847. The minimum absolute atomic E-state index is 0.00519. The highest BCUT2D eigenvalue weighted by Gasteiger charge is 2.28. The zero-order chi connectivity index (χ0) is 61.4. The van der Waals surface area contributed by atoms with E-state index >= 15 is 0 Å². The van der Waals surface area contributed by atoms with Gasteiger partial charge in [0.15, 0.2) is 0 Å². The van der Waals surface area contributed by atoms with Crippen LogP contribution in [0.5, 0.6) is 0 Å². The molecule has 0 fully saturated rings. The number of hydrogen-bond donors (Lipinski definition) is 0. The molecule has 10 aromatic rings. The molecule has 10 aromatic carbocycles. The van der Waals surface area contributed by atoms with E-state index < -0.39 is 0 Å². The van der Waals surface area contributed by atoms with Gasteiger partial charge in [-0.1, -0.05) is 287 Å². The Morgan fingerprint density at radius 1 is 0.155 bits per heavy atom. The lowest BCUT2D eigenvalue weighted by Gasteiger charge is -2.27. The van der Waals surface area contributed by atoms with E-state index in [1.807, 2.05) is 0 Å². The first-order valence-corrected chi connectivity index (χ1v) is 31.3. The molecule has 0 heterocycles.